The molecule has 0 saturated carbocycles. The van der Waals surface area contributed by atoms with Crippen LogP contribution >= 0.6 is 0 Å². The molecule has 4 nitrogen and oxygen atoms in total. The average Bonchev–Trinajstić information content (AvgIpc) is 2.77. The second kappa shape index (κ2) is 6.54. The van der Waals surface area contributed by atoms with E-state index in [0.717, 1.165) is 27.5 Å². The van der Waals surface area contributed by atoms with E-state index in [1.54, 1.807) is 20.3 Å². The zero-order chi connectivity index (χ0) is 20.0. The first-order chi connectivity index (χ1) is 14.2. The van der Waals surface area contributed by atoms with Gasteiger partial charge in [0.25, 0.3) is 0 Å². The number of ether oxygens (including phenoxy) is 3. The maximum atomic E-state index is 10.5. The van der Waals surface area contributed by atoms with Crippen molar-refractivity contribution in [3.8, 4) is 23.0 Å². The Morgan fingerprint density at radius 3 is 2.38 bits per heavy atom. The van der Waals surface area contributed by atoms with E-state index in [-0.39, 0.29) is 5.75 Å². The summed E-state index contributed by atoms with van der Waals surface area (Å²) >= 11 is 0. The largest absolute Gasteiger partial charge is 0.507 e. The van der Waals surface area contributed by atoms with E-state index in [1.165, 1.54) is 0 Å². The molecule has 29 heavy (non-hydrogen) atoms. The summed E-state index contributed by atoms with van der Waals surface area (Å²) in [6, 6.07) is 25.1. The van der Waals surface area contributed by atoms with Crippen molar-refractivity contribution in [2.24, 2.45) is 0 Å². The van der Waals surface area contributed by atoms with E-state index in [4.69, 9.17) is 14.2 Å². The van der Waals surface area contributed by atoms with Crippen LogP contribution < -0.4 is 9.47 Å². The third kappa shape index (κ3) is 2.43. The highest BCUT2D eigenvalue weighted by molar-refractivity contribution is 5.94. The molecule has 0 amide bonds. The molecule has 1 atom stereocenters. The van der Waals surface area contributed by atoms with E-state index < -0.39 is 5.60 Å². The summed E-state index contributed by atoms with van der Waals surface area (Å²) in [5.41, 5.74) is 1.84. The summed E-state index contributed by atoms with van der Waals surface area (Å²) < 4.78 is 18.0. The lowest BCUT2D eigenvalue weighted by Gasteiger charge is -2.40. The summed E-state index contributed by atoms with van der Waals surface area (Å²) in [4.78, 5) is 0. The van der Waals surface area contributed by atoms with Crippen molar-refractivity contribution in [1.29, 1.82) is 0 Å². The molecule has 0 bridgehead atoms. The minimum absolute atomic E-state index is 0.226. The number of phenols is 1. The van der Waals surface area contributed by atoms with Crippen molar-refractivity contribution in [2.75, 3.05) is 14.2 Å². The monoisotopic (exact) mass is 384 g/mol. The fourth-order valence-electron chi connectivity index (χ4n) is 4.33. The van der Waals surface area contributed by atoms with Crippen molar-refractivity contribution < 1.29 is 19.3 Å². The second-order valence-electron chi connectivity index (χ2n) is 7.03. The Morgan fingerprint density at radius 2 is 1.62 bits per heavy atom. The lowest BCUT2D eigenvalue weighted by atomic mass is 9.76. The van der Waals surface area contributed by atoms with Gasteiger partial charge in [-0.1, -0.05) is 42.5 Å². The first-order valence-electron chi connectivity index (χ1n) is 9.41. The number of hydrogen-bond donors (Lipinski definition) is 1. The van der Waals surface area contributed by atoms with Gasteiger partial charge in [0.05, 0.1) is 7.11 Å². The van der Waals surface area contributed by atoms with Gasteiger partial charge in [0, 0.05) is 29.7 Å². The van der Waals surface area contributed by atoms with Gasteiger partial charge in [-0.25, -0.2) is 0 Å². The number of phenolic OH excluding ortho intramolecular Hbond substituents is 1. The van der Waals surface area contributed by atoms with Gasteiger partial charge in [-0.3, -0.25) is 0 Å². The molecule has 0 aliphatic carbocycles. The van der Waals surface area contributed by atoms with E-state index in [9.17, 15) is 5.11 Å². The summed E-state index contributed by atoms with van der Waals surface area (Å²) in [5.74, 6) is 2.31. The van der Waals surface area contributed by atoms with Gasteiger partial charge in [-0.15, -0.1) is 0 Å². The van der Waals surface area contributed by atoms with E-state index in [2.05, 4.69) is 0 Å². The molecule has 4 aromatic carbocycles. The Kier molecular flexibility index (Phi) is 3.96. The molecule has 1 aliphatic rings. The van der Waals surface area contributed by atoms with Crippen LogP contribution in [0.5, 0.6) is 23.0 Å². The quantitative estimate of drug-likeness (QED) is 0.500. The number of hydrogen-bond acceptors (Lipinski definition) is 4. The van der Waals surface area contributed by atoms with E-state index >= 15 is 0 Å². The molecule has 0 aromatic heterocycles. The predicted octanol–water partition coefficient (Wildman–Crippen LogP) is 5.60. The van der Waals surface area contributed by atoms with Gasteiger partial charge in [0.15, 0.2) is 5.60 Å². The first-order valence-corrected chi connectivity index (χ1v) is 9.41. The van der Waals surface area contributed by atoms with Crippen LogP contribution in [0.2, 0.25) is 0 Å². The summed E-state index contributed by atoms with van der Waals surface area (Å²) in [6.07, 6.45) is 0. The Labute approximate surface area is 168 Å². The Hall–Kier alpha value is -3.50. The van der Waals surface area contributed by atoms with Gasteiger partial charge in [-0.2, -0.15) is 0 Å². The molecular weight excluding hydrogens is 364 g/mol. The summed E-state index contributed by atoms with van der Waals surface area (Å²) in [5, 5.41) is 12.1. The van der Waals surface area contributed by atoms with Crippen molar-refractivity contribution in [2.45, 2.75) is 5.60 Å². The zero-order valence-corrected chi connectivity index (χ0v) is 16.2. The van der Waals surface area contributed by atoms with Crippen LogP contribution in [0.15, 0.2) is 78.9 Å². The predicted molar refractivity (Wildman–Crippen MR) is 112 cm³/mol. The van der Waals surface area contributed by atoms with Crippen molar-refractivity contribution in [3.63, 3.8) is 0 Å². The van der Waals surface area contributed by atoms with E-state index in [1.807, 2.05) is 72.8 Å². The molecule has 4 heteroatoms. The molecule has 0 spiro atoms. The Morgan fingerprint density at radius 1 is 0.793 bits per heavy atom. The highest BCUT2D eigenvalue weighted by Crippen LogP contribution is 2.55. The molecule has 144 valence electrons. The van der Waals surface area contributed by atoms with Crippen LogP contribution in [0.25, 0.3) is 10.8 Å². The van der Waals surface area contributed by atoms with Crippen molar-refractivity contribution in [3.05, 3.63) is 95.6 Å². The lowest BCUT2D eigenvalue weighted by molar-refractivity contribution is 0.0512. The number of fused-ring (bicyclic) bond motifs is 4. The second-order valence-corrected chi connectivity index (χ2v) is 7.03. The molecule has 5 rings (SSSR count). The van der Waals surface area contributed by atoms with Gasteiger partial charge in [0.1, 0.15) is 23.0 Å². The summed E-state index contributed by atoms with van der Waals surface area (Å²) in [7, 11) is 3.34. The van der Waals surface area contributed by atoms with Crippen LogP contribution in [0, 0.1) is 0 Å². The number of methoxy groups -OCH3 is 2. The van der Waals surface area contributed by atoms with Gasteiger partial charge in [0.2, 0.25) is 0 Å². The summed E-state index contributed by atoms with van der Waals surface area (Å²) in [6.45, 7) is 0. The van der Waals surface area contributed by atoms with Gasteiger partial charge < -0.3 is 19.3 Å². The first kappa shape index (κ1) is 17.6. The maximum absolute atomic E-state index is 10.5. The Bertz CT molecular complexity index is 1220. The standard InChI is InChI=1S/C25H20O4/c1-27-17-11-13-20-23(15-17)29-22-14-12-18-19(9-6-10-21(18)26)24(22)25(20,28-2)16-7-4-3-5-8-16/h3-15,26H,1-2H3. The highest BCUT2D eigenvalue weighted by Gasteiger charge is 2.45. The smallest absolute Gasteiger partial charge is 0.151 e. The van der Waals surface area contributed by atoms with Gasteiger partial charge in [-0.05, 0) is 41.3 Å². The molecule has 0 radical (unpaired) electrons. The minimum Gasteiger partial charge on any atom is -0.507 e. The van der Waals surface area contributed by atoms with Crippen LogP contribution in [-0.4, -0.2) is 19.3 Å². The number of aromatic hydroxyl groups is 1. The fraction of sp³-hybridized carbons (Fsp3) is 0.120. The topological polar surface area (TPSA) is 47.9 Å². The lowest BCUT2D eigenvalue weighted by Crippen LogP contribution is -2.35. The molecule has 1 aliphatic heterocycles. The third-order valence-corrected chi connectivity index (χ3v) is 5.63. The minimum atomic E-state index is -0.899. The molecule has 4 aromatic rings. The van der Waals surface area contributed by atoms with Crippen molar-refractivity contribution in [1.82, 2.24) is 0 Å². The van der Waals surface area contributed by atoms with Crippen molar-refractivity contribution >= 4 is 10.8 Å². The molecular formula is C25H20O4. The third-order valence-electron chi connectivity index (χ3n) is 5.63. The normalized spacial score (nSPS) is 17.3. The molecule has 1 N–H and O–H groups in total. The highest BCUT2D eigenvalue weighted by atomic mass is 16.5. The molecule has 1 heterocycles. The van der Waals surface area contributed by atoms with E-state index in [0.29, 0.717) is 17.2 Å². The van der Waals surface area contributed by atoms with Crippen LogP contribution in [-0.2, 0) is 10.3 Å². The fourth-order valence-corrected chi connectivity index (χ4v) is 4.33. The van der Waals surface area contributed by atoms with Crippen LogP contribution in [0.1, 0.15) is 16.7 Å². The SMILES string of the molecule is COc1ccc2c(c1)Oc1ccc3c(O)cccc3c1C2(OC)c1ccccc1. The maximum Gasteiger partial charge on any atom is 0.151 e. The van der Waals surface area contributed by atoms with Gasteiger partial charge >= 0.3 is 0 Å². The molecule has 0 saturated heterocycles. The zero-order valence-electron chi connectivity index (χ0n) is 16.2. The average molecular weight is 384 g/mol. The molecule has 0 fully saturated rings. The number of benzene rings is 4. The molecule has 1 unspecified atom stereocenters. The van der Waals surface area contributed by atoms with Crippen LogP contribution in [0.4, 0.5) is 0 Å². The Balaban J connectivity index is 1.94. The number of rotatable bonds is 3. The van der Waals surface area contributed by atoms with Crippen LogP contribution in [0.3, 0.4) is 0 Å².